The summed E-state index contributed by atoms with van der Waals surface area (Å²) in [6.07, 6.45) is 6.98. The van der Waals surface area contributed by atoms with Crippen molar-refractivity contribution in [3.63, 3.8) is 0 Å². The molecule has 1 aliphatic heterocycles. The van der Waals surface area contributed by atoms with Gasteiger partial charge in [0.25, 0.3) is 5.91 Å². The van der Waals surface area contributed by atoms with Gasteiger partial charge < -0.3 is 14.8 Å². The van der Waals surface area contributed by atoms with E-state index in [1.54, 1.807) is 19.3 Å². The maximum absolute atomic E-state index is 12.0. The van der Waals surface area contributed by atoms with Crippen molar-refractivity contribution >= 4 is 12.0 Å². The van der Waals surface area contributed by atoms with E-state index in [1.807, 2.05) is 30.3 Å². The van der Waals surface area contributed by atoms with Gasteiger partial charge in [-0.15, -0.1) is 0 Å². The van der Waals surface area contributed by atoms with Gasteiger partial charge in [-0.2, -0.15) is 5.26 Å². The molecule has 120 valence electrons. The maximum Gasteiger partial charge on any atom is 0.262 e. The monoisotopic (exact) mass is 312 g/mol. The van der Waals surface area contributed by atoms with Crippen LogP contribution in [-0.4, -0.2) is 32.3 Å². The van der Waals surface area contributed by atoms with Gasteiger partial charge in [0.05, 0.1) is 13.2 Å². The minimum Gasteiger partial charge on any atom is -0.496 e. The van der Waals surface area contributed by atoms with Gasteiger partial charge in [0.1, 0.15) is 17.4 Å². The van der Waals surface area contributed by atoms with E-state index < -0.39 is 0 Å². The molecule has 0 spiro atoms. The molecule has 1 amide bonds. The standard InChI is InChI=1S/C18H20N2O3/c1-22-17-10-3-2-6-14(17)7-4-8-15(12-19)18(21)20-13-16-9-5-11-23-16/h2-4,6-8,10,16H,5,9,11,13H2,1H3,(H,20,21)/b7-4+,15-8+. The quantitative estimate of drug-likeness (QED) is 0.497. The number of hydrogen-bond donors (Lipinski definition) is 1. The van der Waals surface area contributed by atoms with Gasteiger partial charge >= 0.3 is 0 Å². The number of carbonyl (C=O) groups is 1. The Labute approximate surface area is 136 Å². The molecule has 0 saturated carbocycles. The topological polar surface area (TPSA) is 71.3 Å². The summed E-state index contributed by atoms with van der Waals surface area (Å²) in [4.78, 5) is 12.0. The molecule has 0 radical (unpaired) electrons. The van der Waals surface area contributed by atoms with E-state index in [2.05, 4.69) is 5.32 Å². The van der Waals surface area contributed by atoms with Crippen molar-refractivity contribution in [1.29, 1.82) is 5.26 Å². The smallest absolute Gasteiger partial charge is 0.262 e. The van der Waals surface area contributed by atoms with Gasteiger partial charge in [0, 0.05) is 18.7 Å². The molecule has 23 heavy (non-hydrogen) atoms. The van der Waals surface area contributed by atoms with Crippen LogP contribution in [0.1, 0.15) is 18.4 Å². The first-order chi connectivity index (χ1) is 11.2. The summed E-state index contributed by atoms with van der Waals surface area (Å²) in [5.41, 5.74) is 0.942. The summed E-state index contributed by atoms with van der Waals surface area (Å²) in [5.74, 6) is 0.353. The fourth-order valence-corrected chi connectivity index (χ4v) is 2.32. The third kappa shape index (κ3) is 4.97. The maximum atomic E-state index is 12.0. The summed E-state index contributed by atoms with van der Waals surface area (Å²) in [6.45, 7) is 1.18. The number of nitrogens with zero attached hydrogens (tertiary/aromatic N) is 1. The number of methoxy groups -OCH3 is 1. The highest BCUT2D eigenvalue weighted by Gasteiger charge is 2.17. The number of para-hydroxylation sites is 1. The second kappa shape index (κ2) is 8.76. The van der Waals surface area contributed by atoms with Gasteiger partial charge in [-0.05, 0) is 25.0 Å². The summed E-state index contributed by atoms with van der Waals surface area (Å²) in [7, 11) is 1.60. The van der Waals surface area contributed by atoms with E-state index in [9.17, 15) is 4.79 Å². The molecular weight excluding hydrogens is 292 g/mol. The molecule has 0 aromatic heterocycles. The Hall–Kier alpha value is -2.58. The second-order valence-electron chi connectivity index (χ2n) is 5.14. The van der Waals surface area contributed by atoms with Crippen LogP contribution in [0, 0.1) is 11.3 Å². The van der Waals surface area contributed by atoms with Crippen molar-refractivity contribution in [2.75, 3.05) is 20.3 Å². The van der Waals surface area contributed by atoms with E-state index in [4.69, 9.17) is 14.7 Å². The molecule has 1 heterocycles. The number of amides is 1. The first-order valence-electron chi connectivity index (χ1n) is 7.56. The number of benzene rings is 1. The van der Waals surface area contributed by atoms with Crippen molar-refractivity contribution in [2.45, 2.75) is 18.9 Å². The van der Waals surface area contributed by atoms with Gasteiger partial charge in [-0.25, -0.2) is 0 Å². The average molecular weight is 312 g/mol. The average Bonchev–Trinajstić information content (AvgIpc) is 3.10. The number of hydrogen-bond acceptors (Lipinski definition) is 4. The number of nitrogens with one attached hydrogen (secondary N) is 1. The molecule has 1 atom stereocenters. The van der Waals surface area contributed by atoms with Crippen LogP contribution in [0.4, 0.5) is 0 Å². The van der Waals surface area contributed by atoms with Gasteiger partial charge in [0.2, 0.25) is 0 Å². The number of allylic oxidation sites excluding steroid dienone is 2. The van der Waals surface area contributed by atoms with E-state index in [0.717, 1.165) is 30.8 Å². The van der Waals surface area contributed by atoms with Crippen LogP contribution in [0.15, 0.2) is 42.0 Å². The Morgan fingerprint density at radius 3 is 3.04 bits per heavy atom. The summed E-state index contributed by atoms with van der Waals surface area (Å²) < 4.78 is 10.7. The van der Waals surface area contributed by atoms with Gasteiger partial charge in [-0.3, -0.25) is 4.79 Å². The number of nitriles is 1. The fraction of sp³-hybridized carbons (Fsp3) is 0.333. The number of rotatable bonds is 6. The van der Waals surface area contributed by atoms with Gasteiger partial charge in [0.15, 0.2) is 0 Å². The lowest BCUT2D eigenvalue weighted by atomic mass is 10.1. The van der Waals surface area contributed by atoms with Crippen molar-refractivity contribution in [3.8, 4) is 11.8 Å². The third-order valence-corrected chi connectivity index (χ3v) is 3.56. The number of ether oxygens (including phenoxy) is 2. The zero-order valence-corrected chi connectivity index (χ0v) is 13.1. The normalized spacial score (nSPS) is 17.9. The minimum atomic E-state index is -0.382. The molecule has 1 N–H and O–H groups in total. The Morgan fingerprint density at radius 1 is 1.52 bits per heavy atom. The van der Waals surface area contributed by atoms with Crippen molar-refractivity contribution in [2.24, 2.45) is 0 Å². The van der Waals surface area contributed by atoms with Gasteiger partial charge in [-0.1, -0.05) is 30.4 Å². The molecular formula is C18H20N2O3. The first-order valence-corrected chi connectivity index (χ1v) is 7.56. The first kappa shape index (κ1) is 16.8. The molecule has 1 aliphatic rings. The lowest BCUT2D eigenvalue weighted by Gasteiger charge is -2.09. The molecule has 1 aromatic rings. The van der Waals surface area contributed by atoms with E-state index in [1.165, 1.54) is 6.08 Å². The summed E-state index contributed by atoms with van der Waals surface area (Å²) in [5, 5.41) is 11.9. The molecule has 5 nitrogen and oxygen atoms in total. The predicted octanol–water partition coefficient (Wildman–Crippen LogP) is 2.45. The predicted molar refractivity (Wildman–Crippen MR) is 87.7 cm³/mol. The Bertz CT molecular complexity index is 638. The van der Waals surface area contributed by atoms with Crippen LogP contribution >= 0.6 is 0 Å². The van der Waals surface area contributed by atoms with Crippen LogP contribution in [0.3, 0.4) is 0 Å². The van der Waals surface area contributed by atoms with Crippen LogP contribution in [0.25, 0.3) is 6.08 Å². The summed E-state index contributed by atoms with van der Waals surface area (Å²) in [6, 6.07) is 9.44. The Morgan fingerprint density at radius 2 is 2.35 bits per heavy atom. The second-order valence-corrected chi connectivity index (χ2v) is 5.14. The highest BCUT2D eigenvalue weighted by atomic mass is 16.5. The molecule has 1 saturated heterocycles. The molecule has 1 fully saturated rings. The molecule has 1 aromatic carbocycles. The van der Waals surface area contributed by atoms with Crippen molar-refractivity contribution in [1.82, 2.24) is 5.32 Å². The zero-order chi connectivity index (χ0) is 16.5. The van der Waals surface area contributed by atoms with Crippen molar-refractivity contribution in [3.05, 3.63) is 47.6 Å². The Kier molecular flexibility index (Phi) is 6.40. The van der Waals surface area contributed by atoms with E-state index in [-0.39, 0.29) is 17.6 Å². The molecule has 0 bridgehead atoms. The highest BCUT2D eigenvalue weighted by Crippen LogP contribution is 2.18. The van der Waals surface area contributed by atoms with E-state index in [0.29, 0.717) is 6.54 Å². The van der Waals surface area contributed by atoms with Crippen LogP contribution in [-0.2, 0) is 9.53 Å². The molecule has 2 rings (SSSR count). The Balaban J connectivity index is 1.96. The summed E-state index contributed by atoms with van der Waals surface area (Å²) >= 11 is 0. The largest absolute Gasteiger partial charge is 0.496 e. The lowest BCUT2D eigenvalue weighted by Crippen LogP contribution is -2.32. The molecule has 0 aliphatic carbocycles. The van der Waals surface area contributed by atoms with Crippen LogP contribution < -0.4 is 10.1 Å². The SMILES string of the molecule is COc1ccccc1/C=C/C=C(\C#N)C(=O)NCC1CCCO1. The highest BCUT2D eigenvalue weighted by molar-refractivity contribution is 5.97. The van der Waals surface area contributed by atoms with E-state index >= 15 is 0 Å². The lowest BCUT2D eigenvalue weighted by molar-refractivity contribution is -0.117. The van der Waals surface area contributed by atoms with Crippen molar-refractivity contribution < 1.29 is 14.3 Å². The number of carbonyl (C=O) groups excluding carboxylic acids is 1. The zero-order valence-electron chi connectivity index (χ0n) is 13.1. The molecule has 5 heteroatoms. The molecule has 1 unspecified atom stereocenters. The third-order valence-electron chi connectivity index (χ3n) is 3.56. The van der Waals surface area contributed by atoms with Crippen LogP contribution in [0.5, 0.6) is 5.75 Å². The fourth-order valence-electron chi connectivity index (χ4n) is 2.32. The van der Waals surface area contributed by atoms with Crippen LogP contribution in [0.2, 0.25) is 0 Å². The minimum absolute atomic E-state index is 0.0583.